The second-order valence-electron chi connectivity index (χ2n) is 5.57. The van der Waals surface area contributed by atoms with E-state index in [1.54, 1.807) is 24.3 Å². The smallest absolute Gasteiger partial charge is 0.258 e. The van der Waals surface area contributed by atoms with Gasteiger partial charge in [0.05, 0.1) is 39.6 Å². The zero-order valence-corrected chi connectivity index (χ0v) is 14.8. The highest BCUT2D eigenvalue weighted by Crippen LogP contribution is 2.26. The molecule has 1 unspecified atom stereocenters. The number of hydrogen-bond acceptors (Lipinski definition) is 6. The van der Waals surface area contributed by atoms with Crippen LogP contribution in [-0.4, -0.2) is 56.5 Å². The first-order chi connectivity index (χ1) is 12.7. The van der Waals surface area contributed by atoms with Crippen LogP contribution >= 0.6 is 0 Å². The summed E-state index contributed by atoms with van der Waals surface area (Å²) >= 11 is 0. The van der Waals surface area contributed by atoms with Crippen molar-refractivity contribution < 1.29 is 29.2 Å². The van der Waals surface area contributed by atoms with Crippen LogP contribution in [0, 0.1) is 0 Å². The van der Waals surface area contributed by atoms with Crippen LogP contribution in [0.3, 0.4) is 0 Å². The quantitative estimate of drug-likeness (QED) is 0.419. The molecule has 0 bridgehead atoms. The van der Waals surface area contributed by atoms with Gasteiger partial charge in [0.2, 0.25) is 0 Å². The summed E-state index contributed by atoms with van der Waals surface area (Å²) in [7, 11) is 0. The Morgan fingerprint density at radius 2 is 1.23 bits per heavy atom. The van der Waals surface area contributed by atoms with Crippen molar-refractivity contribution in [3.63, 3.8) is 0 Å². The molecule has 0 amide bonds. The molecule has 6 nitrogen and oxygen atoms in total. The van der Waals surface area contributed by atoms with E-state index >= 15 is 0 Å². The number of rotatable bonds is 13. The third-order valence-electron chi connectivity index (χ3n) is 3.53. The van der Waals surface area contributed by atoms with Gasteiger partial charge in [-0.2, -0.15) is 0 Å². The number of para-hydroxylation sites is 1. The monoisotopic (exact) mass is 362 g/mol. The van der Waals surface area contributed by atoms with Gasteiger partial charge in [-0.05, 0) is 12.1 Å². The standard InChI is InChI=1S/C20H26O6/c21-11-12-23-13-14-24-15-16-25-17-20(22,18-7-3-1-4-8-18)26-19-9-5-2-6-10-19/h1-10,21-22H,11-17H2. The predicted octanol–water partition coefficient (Wildman–Crippen LogP) is 1.95. The fraction of sp³-hybridized carbons (Fsp3) is 0.400. The van der Waals surface area contributed by atoms with Crippen molar-refractivity contribution in [3.8, 4) is 5.75 Å². The maximum atomic E-state index is 11.0. The molecule has 0 aliphatic heterocycles. The van der Waals surface area contributed by atoms with Gasteiger partial charge in [0.25, 0.3) is 5.79 Å². The molecule has 0 saturated heterocycles. The Morgan fingerprint density at radius 3 is 1.85 bits per heavy atom. The van der Waals surface area contributed by atoms with Crippen LogP contribution in [0.15, 0.2) is 60.7 Å². The summed E-state index contributed by atoms with van der Waals surface area (Å²) < 4.78 is 21.8. The molecule has 2 N–H and O–H groups in total. The number of hydrogen-bond donors (Lipinski definition) is 2. The van der Waals surface area contributed by atoms with E-state index in [4.69, 9.17) is 24.1 Å². The molecule has 142 valence electrons. The van der Waals surface area contributed by atoms with Crippen molar-refractivity contribution in [2.24, 2.45) is 0 Å². The molecule has 2 aromatic rings. The summed E-state index contributed by atoms with van der Waals surface area (Å²) in [6.45, 7) is 1.81. The van der Waals surface area contributed by atoms with Crippen LogP contribution in [0.25, 0.3) is 0 Å². The van der Waals surface area contributed by atoms with Crippen molar-refractivity contribution in [3.05, 3.63) is 66.2 Å². The zero-order valence-electron chi connectivity index (χ0n) is 14.8. The third kappa shape index (κ3) is 7.11. The van der Waals surface area contributed by atoms with Gasteiger partial charge < -0.3 is 29.2 Å². The molecule has 2 aromatic carbocycles. The highest BCUT2D eigenvalue weighted by Gasteiger charge is 2.32. The first kappa shape index (κ1) is 20.4. The normalized spacial score (nSPS) is 13.3. The summed E-state index contributed by atoms with van der Waals surface area (Å²) in [4.78, 5) is 0. The summed E-state index contributed by atoms with van der Waals surface area (Å²) in [5, 5.41) is 19.6. The number of benzene rings is 2. The molecule has 2 rings (SSSR count). The molecule has 0 fully saturated rings. The van der Waals surface area contributed by atoms with Gasteiger partial charge in [0, 0.05) is 5.56 Å². The number of aliphatic hydroxyl groups excluding tert-OH is 1. The zero-order chi connectivity index (χ0) is 18.5. The fourth-order valence-electron chi connectivity index (χ4n) is 2.27. The Morgan fingerprint density at radius 1 is 0.692 bits per heavy atom. The molecule has 0 aliphatic rings. The van der Waals surface area contributed by atoms with Gasteiger partial charge in [-0.3, -0.25) is 0 Å². The van der Waals surface area contributed by atoms with E-state index in [0.717, 1.165) is 0 Å². The molecule has 0 aliphatic carbocycles. The van der Waals surface area contributed by atoms with Crippen molar-refractivity contribution in [2.75, 3.05) is 46.2 Å². The SMILES string of the molecule is OCCOCCOCCOCC(O)(Oc1ccccc1)c1ccccc1. The van der Waals surface area contributed by atoms with Crippen LogP contribution in [0.2, 0.25) is 0 Å². The minimum atomic E-state index is -1.59. The lowest BCUT2D eigenvalue weighted by Gasteiger charge is -2.29. The predicted molar refractivity (Wildman–Crippen MR) is 97.0 cm³/mol. The highest BCUT2D eigenvalue weighted by atomic mass is 16.7. The van der Waals surface area contributed by atoms with E-state index in [9.17, 15) is 5.11 Å². The van der Waals surface area contributed by atoms with Crippen molar-refractivity contribution in [2.45, 2.75) is 5.79 Å². The van der Waals surface area contributed by atoms with E-state index < -0.39 is 5.79 Å². The Hall–Kier alpha value is -1.96. The highest BCUT2D eigenvalue weighted by molar-refractivity contribution is 5.26. The Kier molecular flexibility index (Phi) is 9.09. The topological polar surface area (TPSA) is 77.4 Å². The Balaban J connectivity index is 1.82. The van der Waals surface area contributed by atoms with E-state index in [1.165, 1.54) is 0 Å². The number of ether oxygens (including phenoxy) is 4. The van der Waals surface area contributed by atoms with E-state index in [2.05, 4.69) is 0 Å². The molecule has 1 atom stereocenters. The summed E-state index contributed by atoms with van der Waals surface area (Å²) in [6.07, 6.45) is 0. The average Bonchev–Trinajstić information content (AvgIpc) is 2.68. The Bertz CT molecular complexity index is 592. The minimum Gasteiger partial charge on any atom is -0.456 e. The fourth-order valence-corrected chi connectivity index (χ4v) is 2.27. The van der Waals surface area contributed by atoms with Crippen LogP contribution in [0.1, 0.15) is 5.56 Å². The lowest BCUT2D eigenvalue weighted by Crippen LogP contribution is -2.38. The van der Waals surface area contributed by atoms with E-state index in [0.29, 0.717) is 44.3 Å². The van der Waals surface area contributed by atoms with Crippen LogP contribution in [0.4, 0.5) is 0 Å². The van der Waals surface area contributed by atoms with Gasteiger partial charge >= 0.3 is 0 Å². The van der Waals surface area contributed by atoms with Crippen molar-refractivity contribution in [1.29, 1.82) is 0 Å². The van der Waals surface area contributed by atoms with E-state index in [-0.39, 0.29) is 13.2 Å². The number of aliphatic hydroxyl groups is 2. The molecule has 0 aromatic heterocycles. The molecule has 0 radical (unpaired) electrons. The molecule has 6 heteroatoms. The van der Waals surface area contributed by atoms with Gasteiger partial charge in [-0.1, -0.05) is 48.5 Å². The lowest BCUT2D eigenvalue weighted by atomic mass is 10.1. The maximum Gasteiger partial charge on any atom is 0.258 e. The molecule has 0 saturated carbocycles. The molecule has 0 heterocycles. The maximum absolute atomic E-state index is 11.0. The van der Waals surface area contributed by atoms with Gasteiger partial charge in [-0.15, -0.1) is 0 Å². The largest absolute Gasteiger partial charge is 0.456 e. The second-order valence-corrected chi connectivity index (χ2v) is 5.57. The third-order valence-corrected chi connectivity index (χ3v) is 3.53. The van der Waals surface area contributed by atoms with E-state index in [1.807, 2.05) is 36.4 Å². The molecule has 0 spiro atoms. The van der Waals surface area contributed by atoms with Crippen LogP contribution < -0.4 is 4.74 Å². The van der Waals surface area contributed by atoms with Crippen LogP contribution in [-0.2, 0) is 20.0 Å². The van der Waals surface area contributed by atoms with Crippen molar-refractivity contribution in [1.82, 2.24) is 0 Å². The Labute approximate surface area is 153 Å². The van der Waals surface area contributed by atoms with Crippen molar-refractivity contribution >= 4 is 0 Å². The summed E-state index contributed by atoms with van der Waals surface area (Å²) in [5.41, 5.74) is 0.613. The second kappa shape index (κ2) is 11.6. The molecular weight excluding hydrogens is 336 g/mol. The first-order valence-electron chi connectivity index (χ1n) is 8.61. The average molecular weight is 362 g/mol. The van der Waals surface area contributed by atoms with Gasteiger partial charge in [0.1, 0.15) is 12.4 Å². The minimum absolute atomic E-state index is 0.00257. The molecule has 26 heavy (non-hydrogen) atoms. The summed E-state index contributed by atoms with van der Waals surface area (Å²) in [5.74, 6) is -1.04. The summed E-state index contributed by atoms with van der Waals surface area (Å²) in [6, 6.07) is 18.3. The van der Waals surface area contributed by atoms with Crippen LogP contribution in [0.5, 0.6) is 5.75 Å². The molecular formula is C20H26O6. The van der Waals surface area contributed by atoms with Gasteiger partial charge in [-0.25, -0.2) is 0 Å². The lowest BCUT2D eigenvalue weighted by molar-refractivity contribution is -0.188. The first-order valence-corrected chi connectivity index (χ1v) is 8.61. The van der Waals surface area contributed by atoms with Gasteiger partial charge in [0.15, 0.2) is 0 Å².